The maximum absolute atomic E-state index is 13.0. The van der Waals surface area contributed by atoms with Crippen molar-refractivity contribution in [2.24, 2.45) is 0 Å². The number of nitrogens with zero attached hydrogens (tertiary/aromatic N) is 3. The summed E-state index contributed by atoms with van der Waals surface area (Å²) in [6.07, 6.45) is 9.13. The number of rotatable bonds is 5. The first-order valence-electron chi connectivity index (χ1n) is 13.1. The normalized spacial score (nSPS) is 27.0. The predicted molar refractivity (Wildman–Crippen MR) is 132 cm³/mol. The number of benzene rings is 1. The fraction of sp³-hybridized carbons (Fsp3) is 0.500. The van der Waals surface area contributed by atoms with Crippen LogP contribution in [-0.2, 0) is 16.1 Å². The number of hydrogen-bond donors (Lipinski definition) is 1. The summed E-state index contributed by atoms with van der Waals surface area (Å²) in [5.41, 5.74) is 4.16. The van der Waals surface area contributed by atoms with E-state index >= 15 is 0 Å². The Hall–Kier alpha value is -3.26. The molecule has 0 radical (unpaired) electrons. The summed E-state index contributed by atoms with van der Waals surface area (Å²) >= 11 is 0. The molecule has 36 heavy (non-hydrogen) atoms. The van der Waals surface area contributed by atoms with Crippen LogP contribution in [0.25, 0.3) is 0 Å². The molecule has 3 atom stereocenters. The Morgan fingerprint density at radius 2 is 1.89 bits per heavy atom. The lowest BCUT2D eigenvalue weighted by Crippen LogP contribution is -2.57. The van der Waals surface area contributed by atoms with Crippen LogP contribution in [0.4, 0.5) is 0 Å². The van der Waals surface area contributed by atoms with E-state index in [1.165, 1.54) is 17.5 Å². The first kappa shape index (κ1) is 23.2. The molecule has 3 amide bonds. The molecule has 4 heterocycles. The fourth-order valence-electron chi connectivity index (χ4n) is 6.35. The molecule has 8 heteroatoms. The summed E-state index contributed by atoms with van der Waals surface area (Å²) in [5.74, 6) is 0.524. The van der Waals surface area contributed by atoms with Crippen molar-refractivity contribution in [3.8, 4) is 5.75 Å². The van der Waals surface area contributed by atoms with Crippen molar-refractivity contribution in [2.75, 3.05) is 13.1 Å². The van der Waals surface area contributed by atoms with Gasteiger partial charge >= 0.3 is 0 Å². The molecule has 3 fully saturated rings. The average Bonchev–Trinajstić information content (AvgIpc) is 3.16. The summed E-state index contributed by atoms with van der Waals surface area (Å²) in [6, 6.07) is 7.61. The Bertz CT molecular complexity index is 1210. The second-order valence-corrected chi connectivity index (χ2v) is 10.6. The number of carbonyl (C=O) groups excluding carboxylic acids is 3. The van der Waals surface area contributed by atoms with E-state index in [2.05, 4.69) is 28.2 Å². The lowest BCUT2D eigenvalue weighted by atomic mass is 9.83. The summed E-state index contributed by atoms with van der Waals surface area (Å²) in [4.78, 5) is 45.2. The van der Waals surface area contributed by atoms with E-state index in [1.807, 2.05) is 30.6 Å². The number of likely N-dealkylation sites (tertiary alicyclic amines) is 1. The van der Waals surface area contributed by atoms with Crippen LogP contribution in [0.3, 0.4) is 0 Å². The quantitative estimate of drug-likeness (QED) is 0.651. The van der Waals surface area contributed by atoms with Crippen LogP contribution in [0.15, 0.2) is 36.7 Å². The summed E-state index contributed by atoms with van der Waals surface area (Å²) < 4.78 is 6.56. The lowest BCUT2D eigenvalue weighted by Gasteiger charge is -2.48. The number of pyridine rings is 1. The Balaban J connectivity index is 1.12. The number of imide groups is 1. The molecular formula is C28H32N4O4. The molecule has 3 aliphatic heterocycles. The van der Waals surface area contributed by atoms with Crippen molar-refractivity contribution in [2.45, 2.75) is 76.1 Å². The van der Waals surface area contributed by atoms with Crippen LogP contribution in [0.5, 0.6) is 5.75 Å². The molecule has 2 aromatic rings. The maximum atomic E-state index is 13.0. The Kier molecular flexibility index (Phi) is 5.99. The number of aromatic nitrogens is 1. The molecule has 0 bridgehead atoms. The number of ether oxygens (including phenoxy) is 1. The Labute approximate surface area is 211 Å². The standard InChI is InChI=1S/C28H32N4O4/c1-17-13-29-11-10-21(17)19-14-31(15-19)23-4-2-3-5-25(23)36-20-6-7-22-18(12-20)16-32(28(22)35)24-8-9-26(33)30-27(24)34/h6-7,10-13,19,23-25H,2-5,8-9,14-16H2,1H3,(H,30,33,34)/t23-,24?,25-/m1/s1. The van der Waals surface area contributed by atoms with E-state index in [1.54, 1.807) is 4.90 Å². The van der Waals surface area contributed by atoms with Gasteiger partial charge in [0.05, 0.1) is 0 Å². The van der Waals surface area contributed by atoms with Gasteiger partial charge in [-0.1, -0.05) is 6.42 Å². The van der Waals surface area contributed by atoms with Crippen LogP contribution in [0.1, 0.15) is 71.5 Å². The van der Waals surface area contributed by atoms with Gasteiger partial charge in [-0.05, 0) is 73.6 Å². The minimum atomic E-state index is -0.599. The first-order valence-corrected chi connectivity index (χ1v) is 13.1. The van der Waals surface area contributed by atoms with Crippen LogP contribution in [0.2, 0.25) is 0 Å². The van der Waals surface area contributed by atoms with Crippen LogP contribution in [-0.4, -0.2) is 63.8 Å². The highest BCUT2D eigenvalue weighted by atomic mass is 16.5. The van der Waals surface area contributed by atoms with Gasteiger partial charge in [0.15, 0.2) is 0 Å². The van der Waals surface area contributed by atoms with Crippen LogP contribution < -0.4 is 10.1 Å². The van der Waals surface area contributed by atoms with Gasteiger partial charge in [0.2, 0.25) is 11.8 Å². The number of piperidine rings is 1. The molecule has 188 valence electrons. The molecule has 1 aromatic heterocycles. The predicted octanol–water partition coefficient (Wildman–Crippen LogP) is 2.94. The van der Waals surface area contributed by atoms with Gasteiger partial charge in [-0.2, -0.15) is 0 Å². The van der Waals surface area contributed by atoms with Gasteiger partial charge < -0.3 is 9.64 Å². The molecule has 1 aliphatic carbocycles. The zero-order chi connectivity index (χ0) is 24.8. The molecule has 4 aliphatic rings. The van der Waals surface area contributed by atoms with Gasteiger partial charge in [-0.3, -0.25) is 29.6 Å². The first-order chi connectivity index (χ1) is 17.5. The van der Waals surface area contributed by atoms with Gasteiger partial charge in [-0.25, -0.2) is 0 Å². The molecule has 1 N–H and O–H groups in total. The monoisotopic (exact) mass is 488 g/mol. The zero-order valence-electron chi connectivity index (χ0n) is 20.6. The van der Waals surface area contributed by atoms with Crippen molar-refractivity contribution in [1.82, 2.24) is 20.1 Å². The van der Waals surface area contributed by atoms with Gasteiger partial charge in [0.1, 0.15) is 17.9 Å². The highest BCUT2D eigenvalue weighted by Gasteiger charge is 2.41. The van der Waals surface area contributed by atoms with Crippen molar-refractivity contribution < 1.29 is 19.1 Å². The maximum Gasteiger partial charge on any atom is 0.255 e. The second-order valence-electron chi connectivity index (χ2n) is 10.6. The second kappa shape index (κ2) is 9.32. The smallest absolute Gasteiger partial charge is 0.255 e. The van der Waals surface area contributed by atoms with E-state index in [4.69, 9.17) is 4.74 Å². The Morgan fingerprint density at radius 1 is 1.06 bits per heavy atom. The third-order valence-electron chi connectivity index (χ3n) is 8.33. The highest BCUT2D eigenvalue weighted by molar-refractivity contribution is 6.05. The third kappa shape index (κ3) is 4.17. The van der Waals surface area contributed by atoms with Crippen molar-refractivity contribution in [1.29, 1.82) is 0 Å². The molecule has 6 rings (SSSR count). The van der Waals surface area contributed by atoms with E-state index in [0.29, 0.717) is 30.5 Å². The van der Waals surface area contributed by atoms with Gasteiger partial charge in [-0.15, -0.1) is 0 Å². The molecule has 1 unspecified atom stereocenters. The van der Waals surface area contributed by atoms with Crippen molar-refractivity contribution in [3.63, 3.8) is 0 Å². The van der Waals surface area contributed by atoms with Crippen molar-refractivity contribution >= 4 is 17.7 Å². The average molecular weight is 489 g/mol. The fourth-order valence-corrected chi connectivity index (χ4v) is 6.35. The molecule has 0 spiro atoms. The molecular weight excluding hydrogens is 456 g/mol. The minimum absolute atomic E-state index is 0.125. The van der Waals surface area contributed by atoms with E-state index in [-0.39, 0.29) is 30.2 Å². The Morgan fingerprint density at radius 3 is 2.69 bits per heavy atom. The van der Waals surface area contributed by atoms with E-state index in [9.17, 15) is 14.4 Å². The largest absolute Gasteiger partial charge is 0.489 e. The topological polar surface area (TPSA) is 91.8 Å². The van der Waals surface area contributed by atoms with Crippen molar-refractivity contribution in [3.05, 3.63) is 58.9 Å². The molecule has 1 aromatic carbocycles. The van der Waals surface area contributed by atoms with E-state index in [0.717, 1.165) is 43.7 Å². The molecule has 1 saturated carbocycles. The van der Waals surface area contributed by atoms with Gasteiger partial charge in [0.25, 0.3) is 5.91 Å². The van der Waals surface area contributed by atoms with Crippen LogP contribution >= 0.6 is 0 Å². The molecule has 8 nitrogen and oxygen atoms in total. The number of hydrogen-bond acceptors (Lipinski definition) is 6. The van der Waals surface area contributed by atoms with E-state index < -0.39 is 6.04 Å². The van der Waals surface area contributed by atoms with Crippen LogP contribution in [0, 0.1) is 6.92 Å². The number of amides is 3. The van der Waals surface area contributed by atoms with Gasteiger partial charge in [0, 0.05) is 56.0 Å². The third-order valence-corrected chi connectivity index (χ3v) is 8.33. The number of fused-ring (bicyclic) bond motifs is 1. The SMILES string of the molecule is Cc1cnccc1C1CN([C@@H]2CCCC[C@H]2Oc2ccc3c(c2)CN(C2CCC(=O)NC2=O)C3=O)C1. The number of nitrogens with one attached hydrogen (secondary N) is 1. The highest BCUT2D eigenvalue weighted by Crippen LogP contribution is 2.37. The zero-order valence-corrected chi connectivity index (χ0v) is 20.6. The summed E-state index contributed by atoms with van der Waals surface area (Å²) in [7, 11) is 0. The summed E-state index contributed by atoms with van der Waals surface area (Å²) in [6.45, 7) is 4.60. The molecule has 2 saturated heterocycles. The minimum Gasteiger partial charge on any atom is -0.489 e. The number of carbonyl (C=O) groups is 3. The number of aryl methyl sites for hydroxylation is 1. The lowest BCUT2D eigenvalue weighted by molar-refractivity contribution is -0.136. The summed E-state index contributed by atoms with van der Waals surface area (Å²) in [5, 5.41) is 2.36.